The number of nitrogens with one attached hydrogen (secondary N) is 1. The van der Waals surface area contributed by atoms with Gasteiger partial charge in [-0.25, -0.2) is 8.96 Å². The second-order valence-electron chi connectivity index (χ2n) is 3.70. The number of rotatable bonds is 3. The topological polar surface area (TPSA) is 117 Å². The molecule has 0 atom stereocenters. The number of nitrogens with zero attached hydrogens (tertiary/aromatic N) is 3. The first kappa shape index (κ1) is 15.9. The van der Waals surface area contributed by atoms with Crippen molar-refractivity contribution in [3.8, 4) is 0 Å². The SMILES string of the molecule is O=C(Nc1ccc(F)cc1Cl)c1nn(P(=O)(O)O)nc1Cl. The van der Waals surface area contributed by atoms with Crippen LogP contribution >= 0.6 is 30.9 Å². The Kier molecular flexibility index (Phi) is 4.31. The fraction of sp³-hybridized carbons (Fsp3) is 0. The van der Waals surface area contributed by atoms with Gasteiger partial charge >= 0.3 is 7.75 Å². The zero-order chi connectivity index (χ0) is 15.8. The standard InChI is InChI=1S/C9H6Cl2FN4O4P/c10-5-3-4(12)1-2-6(5)13-9(17)7-8(11)15-16(14-7)21(18,19)20/h1-3H,(H,13,17)(H2,18,19,20). The number of amides is 1. The normalized spacial score (nSPS) is 11.5. The summed E-state index contributed by atoms with van der Waals surface area (Å²) in [6, 6.07) is 3.25. The van der Waals surface area contributed by atoms with Gasteiger partial charge in [-0.2, -0.15) is 0 Å². The van der Waals surface area contributed by atoms with Gasteiger partial charge in [0.2, 0.25) is 0 Å². The minimum Gasteiger partial charge on any atom is -0.319 e. The molecule has 2 rings (SSSR count). The molecule has 1 aromatic carbocycles. The van der Waals surface area contributed by atoms with E-state index in [9.17, 15) is 13.8 Å². The Labute approximate surface area is 126 Å². The molecule has 112 valence electrons. The molecule has 21 heavy (non-hydrogen) atoms. The number of hydrogen-bond acceptors (Lipinski definition) is 4. The Bertz CT molecular complexity index is 762. The van der Waals surface area contributed by atoms with Crippen molar-refractivity contribution in [2.45, 2.75) is 0 Å². The van der Waals surface area contributed by atoms with Gasteiger partial charge in [0.05, 0.1) is 10.7 Å². The molecule has 0 spiro atoms. The van der Waals surface area contributed by atoms with E-state index < -0.39 is 30.3 Å². The Balaban J connectivity index is 2.29. The highest BCUT2D eigenvalue weighted by atomic mass is 35.5. The van der Waals surface area contributed by atoms with E-state index in [1.807, 2.05) is 0 Å². The third-order valence-corrected chi connectivity index (χ3v) is 3.40. The van der Waals surface area contributed by atoms with E-state index in [1.165, 1.54) is 6.07 Å². The first-order valence-corrected chi connectivity index (χ1v) is 7.46. The van der Waals surface area contributed by atoms with Gasteiger partial charge in [-0.3, -0.25) is 4.79 Å². The Morgan fingerprint density at radius 3 is 2.52 bits per heavy atom. The molecule has 8 nitrogen and oxygen atoms in total. The van der Waals surface area contributed by atoms with Crippen LogP contribution in [0.15, 0.2) is 18.2 Å². The highest BCUT2D eigenvalue weighted by molar-refractivity contribution is 7.49. The van der Waals surface area contributed by atoms with Crippen LogP contribution in [0.5, 0.6) is 0 Å². The molecular weight excluding hydrogens is 349 g/mol. The van der Waals surface area contributed by atoms with E-state index in [-0.39, 0.29) is 15.3 Å². The van der Waals surface area contributed by atoms with Crippen molar-refractivity contribution in [3.63, 3.8) is 0 Å². The fourth-order valence-electron chi connectivity index (χ4n) is 1.31. The minimum absolute atomic E-state index is 0.0243. The van der Waals surface area contributed by atoms with Crippen LogP contribution in [-0.2, 0) is 4.57 Å². The molecule has 0 aliphatic carbocycles. The summed E-state index contributed by atoms with van der Waals surface area (Å²) in [7, 11) is -4.81. The summed E-state index contributed by atoms with van der Waals surface area (Å²) in [6.45, 7) is 0. The molecule has 12 heteroatoms. The van der Waals surface area contributed by atoms with Crippen LogP contribution in [-0.4, -0.2) is 30.5 Å². The summed E-state index contributed by atoms with van der Waals surface area (Å²) < 4.78 is 23.9. The van der Waals surface area contributed by atoms with E-state index in [4.69, 9.17) is 33.0 Å². The number of halogens is 3. The quantitative estimate of drug-likeness (QED) is 0.724. The highest BCUT2D eigenvalue weighted by Gasteiger charge is 2.26. The Morgan fingerprint density at radius 2 is 2.00 bits per heavy atom. The van der Waals surface area contributed by atoms with E-state index in [0.29, 0.717) is 0 Å². The molecule has 1 aromatic heterocycles. The van der Waals surface area contributed by atoms with Crippen LogP contribution < -0.4 is 5.32 Å². The highest BCUT2D eigenvalue weighted by Crippen LogP contribution is 2.35. The maximum Gasteiger partial charge on any atom is 0.466 e. The maximum atomic E-state index is 12.9. The molecule has 3 N–H and O–H groups in total. The van der Waals surface area contributed by atoms with Crippen LogP contribution in [0.3, 0.4) is 0 Å². The first-order valence-electron chi connectivity index (χ1n) is 5.14. The van der Waals surface area contributed by atoms with E-state index in [2.05, 4.69) is 15.5 Å². The summed E-state index contributed by atoms with van der Waals surface area (Å²) in [4.78, 5) is 29.6. The van der Waals surface area contributed by atoms with Crippen molar-refractivity contribution >= 4 is 42.5 Å². The lowest BCUT2D eigenvalue weighted by Crippen LogP contribution is -2.14. The Morgan fingerprint density at radius 1 is 1.33 bits per heavy atom. The number of carbonyl (C=O) groups excluding carboxylic acids is 1. The van der Waals surface area contributed by atoms with Gasteiger partial charge in [0.25, 0.3) is 5.91 Å². The van der Waals surface area contributed by atoms with Gasteiger partial charge in [0.1, 0.15) is 5.82 Å². The summed E-state index contributed by atoms with van der Waals surface area (Å²) in [6.07, 6.45) is 0. The molecule has 2 aromatic rings. The van der Waals surface area contributed by atoms with E-state index in [0.717, 1.165) is 12.1 Å². The van der Waals surface area contributed by atoms with Crippen molar-refractivity contribution in [1.29, 1.82) is 0 Å². The third-order valence-electron chi connectivity index (χ3n) is 2.19. The maximum absolute atomic E-state index is 12.9. The summed E-state index contributed by atoms with van der Waals surface area (Å²) in [5, 5.41) is 8.24. The van der Waals surface area contributed by atoms with Crippen LogP contribution in [0.2, 0.25) is 10.2 Å². The van der Waals surface area contributed by atoms with Gasteiger partial charge in [-0.1, -0.05) is 27.8 Å². The zero-order valence-corrected chi connectivity index (χ0v) is 12.3. The van der Waals surface area contributed by atoms with Gasteiger partial charge < -0.3 is 15.1 Å². The molecule has 1 amide bonds. The fourth-order valence-corrected chi connectivity index (χ4v) is 2.18. The molecule has 0 aliphatic rings. The van der Waals surface area contributed by atoms with Gasteiger partial charge in [0.15, 0.2) is 10.8 Å². The predicted octanol–water partition coefficient (Wildman–Crippen LogP) is 1.92. The number of aromatic nitrogens is 3. The summed E-state index contributed by atoms with van der Waals surface area (Å²) in [5.41, 5.74) is -0.440. The van der Waals surface area contributed by atoms with Gasteiger partial charge in [-0.05, 0) is 18.2 Å². The second-order valence-corrected chi connectivity index (χ2v) is 5.85. The lowest BCUT2D eigenvalue weighted by Gasteiger charge is -2.05. The van der Waals surface area contributed by atoms with Crippen LogP contribution in [0.1, 0.15) is 10.5 Å². The van der Waals surface area contributed by atoms with Crippen molar-refractivity contribution in [2.75, 3.05) is 5.32 Å². The molecular formula is C9H6Cl2FN4O4P. The molecule has 0 saturated carbocycles. The average Bonchev–Trinajstić information content (AvgIpc) is 2.75. The monoisotopic (exact) mass is 354 g/mol. The molecule has 0 saturated heterocycles. The average molecular weight is 355 g/mol. The molecule has 0 unspecified atom stereocenters. The van der Waals surface area contributed by atoms with E-state index >= 15 is 0 Å². The third kappa shape index (κ3) is 3.58. The van der Waals surface area contributed by atoms with E-state index in [1.54, 1.807) is 0 Å². The van der Waals surface area contributed by atoms with Crippen LogP contribution in [0.25, 0.3) is 0 Å². The summed E-state index contributed by atoms with van der Waals surface area (Å²) >= 11 is 11.3. The van der Waals surface area contributed by atoms with Crippen molar-refractivity contribution in [2.24, 2.45) is 0 Å². The van der Waals surface area contributed by atoms with Crippen LogP contribution in [0, 0.1) is 5.82 Å². The summed E-state index contributed by atoms with van der Waals surface area (Å²) in [5.74, 6) is -1.50. The van der Waals surface area contributed by atoms with Crippen molar-refractivity contribution in [1.82, 2.24) is 14.8 Å². The van der Waals surface area contributed by atoms with Crippen molar-refractivity contribution < 1.29 is 23.5 Å². The number of hydrogen-bond donors (Lipinski definition) is 3. The predicted molar refractivity (Wildman–Crippen MR) is 71.8 cm³/mol. The molecule has 0 radical (unpaired) electrons. The molecule has 1 heterocycles. The van der Waals surface area contributed by atoms with Crippen LogP contribution in [0.4, 0.5) is 10.1 Å². The number of anilines is 1. The zero-order valence-electron chi connectivity index (χ0n) is 9.87. The lowest BCUT2D eigenvalue weighted by molar-refractivity contribution is 0.102. The van der Waals surface area contributed by atoms with Gasteiger partial charge in [0, 0.05) is 0 Å². The minimum atomic E-state index is -4.81. The van der Waals surface area contributed by atoms with Gasteiger partial charge in [-0.15, -0.1) is 10.2 Å². The molecule has 0 aliphatic heterocycles. The smallest absolute Gasteiger partial charge is 0.319 e. The number of carbonyl (C=O) groups is 1. The Hall–Kier alpha value is -1.51. The first-order chi connectivity index (χ1) is 9.68. The largest absolute Gasteiger partial charge is 0.466 e. The molecule has 0 fully saturated rings. The second kappa shape index (κ2) is 5.70. The number of benzene rings is 1. The van der Waals surface area contributed by atoms with Crippen molar-refractivity contribution in [3.05, 3.63) is 39.9 Å². The molecule has 0 bridgehead atoms. The lowest BCUT2D eigenvalue weighted by atomic mass is 10.3.